The summed E-state index contributed by atoms with van der Waals surface area (Å²) in [6.45, 7) is 4.69. The number of rotatable bonds is 5. The normalized spacial score (nSPS) is 20.9. The number of aryl methyl sites for hydroxylation is 2. The molecule has 5 rings (SSSR count). The third-order valence-corrected chi connectivity index (χ3v) is 7.84. The second kappa shape index (κ2) is 8.74. The molecule has 2 aromatic carbocycles. The van der Waals surface area contributed by atoms with Crippen molar-refractivity contribution in [3.05, 3.63) is 74.9 Å². The van der Waals surface area contributed by atoms with Crippen LogP contribution in [0.25, 0.3) is 10.4 Å². The molecule has 2 aliphatic rings. The van der Waals surface area contributed by atoms with E-state index in [1.54, 1.807) is 4.90 Å². The molecule has 176 valence electrons. The van der Waals surface area contributed by atoms with Crippen molar-refractivity contribution in [2.75, 3.05) is 13.1 Å². The minimum atomic E-state index is -1.14. The molecular formula is C25H22ClF2N3O2S. The van der Waals surface area contributed by atoms with Gasteiger partial charge in [0.25, 0.3) is 11.8 Å². The van der Waals surface area contributed by atoms with Crippen molar-refractivity contribution in [1.82, 2.24) is 15.2 Å². The van der Waals surface area contributed by atoms with Crippen molar-refractivity contribution in [2.45, 2.75) is 26.3 Å². The number of nitrogens with zero attached hydrogens (tertiary/aromatic N) is 2. The number of aromatic nitrogens is 1. The second-order valence-corrected chi connectivity index (χ2v) is 10.5. The summed E-state index contributed by atoms with van der Waals surface area (Å²) >= 11 is 7.42. The highest BCUT2D eigenvalue weighted by molar-refractivity contribution is 7.15. The van der Waals surface area contributed by atoms with E-state index in [-0.39, 0.29) is 29.1 Å². The summed E-state index contributed by atoms with van der Waals surface area (Å²) in [5, 5.41) is 3.40. The van der Waals surface area contributed by atoms with Crippen molar-refractivity contribution in [3.63, 3.8) is 0 Å². The number of hydrogen-bond donors (Lipinski definition) is 1. The van der Waals surface area contributed by atoms with Crippen molar-refractivity contribution in [2.24, 2.45) is 11.8 Å². The second-order valence-electron chi connectivity index (χ2n) is 8.92. The molecule has 2 heterocycles. The summed E-state index contributed by atoms with van der Waals surface area (Å²) in [5.41, 5.74) is 2.34. The first-order valence-electron chi connectivity index (χ1n) is 11.0. The monoisotopic (exact) mass is 501 g/mol. The van der Waals surface area contributed by atoms with Gasteiger partial charge in [0.2, 0.25) is 0 Å². The first-order valence-corrected chi connectivity index (χ1v) is 12.2. The van der Waals surface area contributed by atoms with E-state index in [1.165, 1.54) is 11.3 Å². The maximum Gasteiger partial charge on any atom is 0.274 e. The highest BCUT2D eigenvalue weighted by Gasteiger charge is 2.54. The number of amides is 2. The van der Waals surface area contributed by atoms with Crippen molar-refractivity contribution in [1.29, 1.82) is 0 Å². The van der Waals surface area contributed by atoms with E-state index in [2.05, 4.69) is 10.3 Å². The van der Waals surface area contributed by atoms with Crippen LogP contribution in [0.1, 0.15) is 37.8 Å². The molecule has 1 aliphatic carbocycles. The maximum absolute atomic E-state index is 13.6. The molecular weight excluding hydrogens is 480 g/mol. The van der Waals surface area contributed by atoms with Crippen LogP contribution in [-0.2, 0) is 0 Å². The average molecular weight is 502 g/mol. The standard InChI is InChI=1S/C25H22ClF2N3O2S/c1-12-4-3-5-14(6-12)23-22(30-13(2)34-23)25(33)31-11-15-7-16(15)21(31)10-29-24(32)17-8-19(27)20(28)9-18(17)26/h3-6,8-9,15-16,21H,7,10-11H2,1-2H3,(H,29,32)/t15-,16-,21-/m1/s1. The zero-order valence-corrected chi connectivity index (χ0v) is 20.1. The topological polar surface area (TPSA) is 62.3 Å². The molecule has 1 saturated heterocycles. The molecule has 3 aromatic rings. The number of carbonyl (C=O) groups is 2. The Morgan fingerprint density at radius 2 is 1.97 bits per heavy atom. The molecule has 1 saturated carbocycles. The summed E-state index contributed by atoms with van der Waals surface area (Å²) in [5.74, 6) is -2.31. The Hall–Kier alpha value is -2.84. The minimum Gasteiger partial charge on any atom is -0.350 e. The number of nitrogens with one attached hydrogen (secondary N) is 1. The zero-order chi connectivity index (χ0) is 24.1. The van der Waals surface area contributed by atoms with Gasteiger partial charge in [-0.3, -0.25) is 9.59 Å². The van der Waals surface area contributed by atoms with Crippen LogP contribution >= 0.6 is 22.9 Å². The molecule has 5 nitrogen and oxygen atoms in total. The van der Waals surface area contributed by atoms with Gasteiger partial charge in [-0.05, 0) is 49.8 Å². The van der Waals surface area contributed by atoms with E-state index in [0.717, 1.165) is 39.6 Å². The Kier molecular flexibility index (Phi) is 5.90. The van der Waals surface area contributed by atoms with E-state index >= 15 is 0 Å². The number of fused-ring (bicyclic) bond motifs is 1. The van der Waals surface area contributed by atoms with Gasteiger partial charge in [-0.25, -0.2) is 13.8 Å². The minimum absolute atomic E-state index is 0.138. The number of thiazole rings is 1. The largest absolute Gasteiger partial charge is 0.350 e. The van der Waals surface area contributed by atoms with E-state index < -0.39 is 17.5 Å². The lowest BCUT2D eigenvalue weighted by molar-refractivity contribution is 0.0690. The lowest BCUT2D eigenvalue weighted by atomic mass is 10.1. The van der Waals surface area contributed by atoms with Gasteiger partial charge in [-0.1, -0.05) is 41.4 Å². The van der Waals surface area contributed by atoms with E-state index in [1.807, 2.05) is 38.1 Å². The predicted octanol–water partition coefficient (Wildman–Crippen LogP) is 5.25. The summed E-state index contributed by atoms with van der Waals surface area (Å²) in [7, 11) is 0. The van der Waals surface area contributed by atoms with Crippen LogP contribution in [0.3, 0.4) is 0 Å². The first-order chi connectivity index (χ1) is 16.2. The van der Waals surface area contributed by atoms with Gasteiger partial charge >= 0.3 is 0 Å². The van der Waals surface area contributed by atoms with E-state index in [0.29, 0.717) is 24.1 Å². The first kappa shape index (κ1) is 22.9. The number of hydrogen-bond acceptors (Lipinski definition) is 4. The highest BCUT2D eigenvalue weighted by atomic mass is 35.5. The molecule has 2 fully saturated rings. The highest BCUT2D eigenvalue weighted by Crippen LogP contribution is 2.50. The number of carbonyl (C=O) groups excluding carboxylic acids is 2. The Balaban J connectivity index is 1.36. The summed E-state index contributed by atoms with van der Waals surface area (Å²) in [4.78, 5) is 33.4. The third-order valence-electron chi connectivity index (χ3n) is 6.51. The molecule has 1 aliphatic heterocycles. The quantitative estimate of drug-likeness (QED) is 0.486. The molecule has 1 N–H and O–H groups in total. The summed E-state index contributed by atoms with van der Waals surface area (Å²) in [6.07, 6.45) is 0.997. The summed E-state index contributed by atoms with van der Waals surface area (Å²) in [6, 6.07) is 9.35. The molecule has 0 unspecified atom stereocenters. The molecule has 3 atom stereocenters. The number of halogens is 3. The predicted molar refractivity (Wildman–Crippen MR) is 127 cm³/mol. The fourth-order valence-electron chi connectivity index (χ4n) is 4.75. The fourth-order valence-corrected chi connectivity index (χ4v) is 5.89. The molecule has 0 spiro atoms. The van der Waals surface area contributed by atoms with E-state index in [9.17, 15) is 18.4 Å². The Labute approximate surface area is 204 Å². The van der Waals surface area contributed by atoms with Crippen LogP contribution in [0.5, 0.6) is 0 Å². The lowest BCUT2D eigenvalue weighted by Gasteiger charge is -2.27. The smallest absolute Gasteiger partial charge is 0.274 e. The summed E-state index contributed by atoms with van der Waals surface area (Å²) < 4.78 is 27.0. The van der Waals surface area contributed by atoms with E-state index in [4.69, 9.17) is 11.6 Å². The van der Waals surface area contributed by atoms with Gasteiger partial charge in [0, 0.05) is 13.1 Å². The van der Waals surface area contributed by atoms with Crippen LogP contribution in [-0.4, -0.2) is 40.8 Å². The van der Waals surface area contributed by atoms with Crippen LogP contribution < -0.4 is 5.32 Å². The Morgan fingerprint density at radius 3 is 2.74 bits per heavy atom. The zero-order valence-electron chi connectivity index (χ0n) is 18.6. The van der Waals surface area contributed by atoms with Crippen LogP contribution in [0.4, 0.5) is 8.78 Å². The Bertz CT molecular complexity index is 1310. The molecule has 0 bridgehead atoms. The van der Waals surface area contributed by atoms with Gasteiger partial charge in [-0.15, -0.1) is 11.3 Å². The van der Waals surface area contributed by atoms with Gasteiger partial charge in [0.05, 0.1) is 26.5 Å². The number of benzene rings is 2. The molecule has 0 radical (unpaired) electrons. The molecule has 34 heavy (non-hydrogen) atoms. The van der Waals surface area contributed by atoms with Crippen molar-refractivity contribution in [3.8, 4) is 10.4 Å². The third kappa shape index (κ3) is 4.20. The average Bonchev–Trinajstić information content (AvgIpc) is 3.31. The van der Waals surface area contributed by atoms with Crippen LogP contribution in [0.2, 0.25) is 5.02 Å². The maximum atomic E-state index is 13.6. The SMILES string of the molecule is Cc1cccc(-c2sc(C)nc2C(=O)N2C[C@H]3C[C@H]3[C@H]2CNC(=O)c2cc(F)c(F)cc2Cl)c1. The van der Waals surface area contributed by atoms with Crippen molar-refractivity contribution >= 4 is 34.8 Å². The van der Waals surface area contributed by atoms with Crippen LogP contribution in [0.15, 0.2) is 36.4 Å². The number of piperidine rings is 1. The number of likely N-dealkylation sites (tertiary alicyclic amines) is 1. The van der Waals surface area contributed by atoms with Gasteiger partial charge in [0.15, 0.2) is 11.6 Å². The lowest BCUT2D eigenvalue weighted by Crippen LogP contribution is -2.45. The molecule has 2 amide bonds. The molecule has 9 heteroatoms. The van der Waals surface area contributed by atoms with Gasteiger partial charge in [0.1, 0.15) is 5.69 Å². The molecule has 1 aromatic heterocycles. The van der Waals surface area contributed by atoms with Gasteiger partial charge in [-0.2, -0.15) is 0 Å². The fraction of sp³-hybridized carbons (Fsp3) is 0.320. The Morgan fingerprint density at radius 1 is 1.21 bits per heavy atom. The van der Waals surface area contributed by atoms with Crippen LogP contribution in [0, 0.1) is 37.3 Å². The van der Waals surface area contributed by atoms with Crippen molar-refractivity contribution < 1.29 is 18.4 Å². The van der Waals surface area contributed by atoms with Gasteiger partial charge < -0.3 is 10.2 Å².